The Morgan fingerprint density at radius 1 is 1.06 bits per heavy atom. The van der Waals surface area contributed by atoms with Gasteiger partial charge in [0.1, 0.15) is 6.26 Å². The molecule has 1 atom stereocenters. The lowest BCUT2D eigenvalue weighted by Gasteiger charge is -2.28. The molecule has 1 aliphatic heterocycles. The quantitative estimate of drug-likeness (QED) is 0.604. The highest BCUT2D eigenvalue weighted by Gasteiger charge is 2.30. The van der Waals surface area contributed by atoms with E-state index in [1.807, 2.05) is 30.3 Å². The predicted octanol–water partition coefficient (Wildman–Crippen LogP) is 4.93. The van der Waals surface area contributed by atoms with Crippen LogP contribution in [-0.2, 0) is 6.18 Å². The maximum Gasteiger partial charge on any atom is 0.416 e. The van der Waals surface area contributed by atoms with E-state index in [2.05, 4.69) is 15.2 Å². The zero-order chi connectivity index (χ0) is 21.8. The van der Waals surface area contributed by atoms with E-state index in [1.165, 1.54) is 18.4 Å². The molecule has 5 nitrogen and oxygen atoms in total. The van der Waals surface area contributed by atoms with Gasteiger partial charge in [0.25, 0.3) is 5.91 Å². The molecular weight excluding hydrogens is 407 g/mol. The molecule has 8 heteroatoms. The molecule has 1 N–H and O–H groups in total. The summed E-state index contributed by atoms with van der Waals surface area (Å²) in [5, 5.41) is 2.92. The van der Waals surface area contributed by atoms with Crippen LogP contribution in [-0.4, -0.2) is 35.4 Å². The third-order valence-electron chi connectivity index (χ3n) is 5.42. The van der Waals surface area contributed by atoms with E-state index in [9.17, 15) is 18.0 Å². The summed E-state index contributed by atoms with van der Waals surface area (Å²) < 4.78 is 43.5. The van der Waals surface area contributed by atoms with E-state index >= 15 is 0 Å². The van der Waals surface area contributed by atoms with E-state index in [4.69, 9.17) is 4.42 Å². The zero-order valence-electron chi connectivity index (χ0n) is 16.7. The van der Waals surface area contributed by atoms with E-state index in [0.29, 0.717) is 12.1 Å². The van der Waals surface area contributed by atoms with Crippen LogP contribution < -0.4 is 5.32 Å². The molecule has 1 unspecified atom stereocenters. The van der Waals surface area contributed by atoms with Crippen molar-refractivity contribution in [1.29, 1.82) is 0 Å². The van der Waals surface area contributed by atoms with Crippen LogP contribution in [0.5, 0.6) is 0 Å². The Bertz CT molecular complexity index is 1010. The second-order valence-electron chi connectivity index (χ2n) is 7.49. The lowest BCUT2D eigenvalue weighted by atomic mass is 10.1. The van der Waals surface area contributed by atoms with Crippen LogP contribution in [0.4, 0.5) is 13.2 Å². The molecule has 162 valence electrons. The van der Waals surface area contributed by atoms with Crippen LogP contribution in [0.3, 0.4) is 0 Å². The number of benzene rings is 2. The first-order chi connectivity index (χ1) is 14.9. The average Bonchev–Trinajstić information content (AvgIpc) is 3.47. The van der Waals surface area contributed by atoms with Crippen LogP contribution in [0.2, 0.25) is 0 Å². The monoisotopic (exact) mass is 429 g/mol. The molecule has 1 aliphatic rings. The van der Waals surface area contributed by atoms with E-state index in [0.717, 1.165) is 43.6 Å². The molecule has 0 aliphatic carbocycles. The molecule has 2 heterocycles. The fraction of sp³-hybridized carbons (Fsp3) is 0.304. The molecule has 1 saturated heterocycles. The number of carbonyl (C=O) groups excluding carboxylic acids is 1. The first kappa shape index (κ1) is 21.1. The summed E-state index contributed by atoms with van der Waals surface area (Å²) in [6, 6.07) is 14.5. The maximum absolute atomic E-state index is 12.7. The van der Waals surface area contributed by atoms with Crippen molar-refractivity contribution in [2.45, 2.75) is 25.1 Å². The molecule has 1 amide bonds. The van der Waals surface area contributed by atoms with Gasteiger partial charge in [-0.15, -0.1) is 0 Å². The summed E-state index contributed by atoms with van der Waals surface area (Å²) in [7, 11) is 0. The summed E-state index contributed by atoms with van der Waals surface area (Å²) in [5.41, 5.74) is 0.833. The topological polar surface area (TPSA) is 58.4 Å². The van der Waals surface area contributed by atoms with Crippen molar-refractivity contribution in [2.24, 2.45) is 0 Å². The molecule has 0 radical (unpaired) electrons. The Kier molecular flexibility index (Phi) is 6.08. The third-order valence-corrected chi connectivity index (χ3v) is 5.42. The lowest BCUT2D eigenvalue weighted by molar-refractivity contribution is -0.137. The predicted molar refractivity (Wildman–Crippen MR) is 109 cm³/mol. The van der Waals surface area contributed by atoms with Gasteiger partial charge in [-0.2, -0.15) is 13.2 Å². The minimum Gasteiger partial charge on any atom is -0.444 e. The minimum absolute atomic E-state index is 0.0638. The number of nitrogens with zero attached hydrogens (tertiary/aromatic N) is 2. The number of amides is 1. The number of rotatable bonds is 6. The molecule has 3 aromatic rings. The van der Waals surface area contributed by atoms with Gasteiger partial charge in [0.15, 0.2) is 5.69 Å². The van der Waals surface area contributed by atoms with Crippen molar-refractivity contribution in [3.05, 3.63) is 77.7 Å². The number of carbonyl (C=O) groups is 1. The number of aromatic nitrogens is 1. The summed E-state index contributed by atoms with van der Waals surface area (Å²) in [6.45, 7) is 2.39. The highest BCUT2D eigenvalue weighted by molar-refractivity contribution is 5.92. The highest BCUT2D eigenvalue weighted by Crippen LogP contribution is 2.31. The first-order valence-corrected chi connectivity index (χ1v) is 10.1. The molecule has 1 fully saturated rings. The number of nitrogens with one attached hydrogen (secondary N) is 1. The Morgan fingerprint density at radius 2 is 1.74 bits per heavy atom. The van der Waals surface area contributed by atoms with Gasteiger partial charge in [-0.3, -0.25) is 9.69 Å². The van der Waals surface area contributed by atoms with Crippen LogP contribution in [0.15, 0.2) is 65.3 Å². The van der Waals surface area contributed by atoms with Gasteiger partial charge in [-0.05, 0) is 55.8 Å². The van der Waals surface area contributed by atoms with Gasteiger partial charge in [0, 0.05) is 12.1 Å². The largest absolute Gasteiger partial charge is 0.444 e. The molecule has 4 rings (SSSR count). The third kappa shape index (κ3) is 4.96. The molecule has 0 bridgehead atoms. The first-order valence-electron chi connectivity index (χ1n) is 10.1. The van der Waals surface area contributed by atoms with Gasteiger partial charge in [-0.1, -0.05) is 30.3 Å². The molecule has 0 saturated carbocycles. The highest BCUT2D eigenvalue weighted by atomic mass is 19.4. The van der Waals surface area contributed by atoms with Gasteiger partial charge < -0.3 is 9.73 Å². The van der Waals surface area contributed by atoms with Gasteiger partial charge in [0.2, 0.25) is 5.89 Å². The number of likely N-dealkylation sites (tertiary alicyclic amines) is 1. The Balaban J connectivity index is 1.43. The number of halogens is 3. The van der Waals surface area contributed by atoms with Crippen molar-refractivity contribution in [2.75, 3.05) is 19.6 Å². The Morgan fingerprint density at radius 3 is 2.39 bits per heavy atom. The molecule has 1 aromatic heterocycles. The van der Waals surface area contributed by atoms with E-state index < -0.39 is 11.7 Å². The van der Waals surface area contributed by atoms with Crippen LogP contribution >= 0.6 is 0 Å². The molecule has 2 aromatic carbocycles. The zero-order valence-corrected chi connectivity index (χ0v) is 16.7. The van der Waals surface area contributed by atoms with Crippen molar-refractivity contribution < 1.29 is 22.4 Å². The summed E-state index contributed by atoms with van der Waals surface area (Å²) in [5.74, 6) is -0.292. The van der Waals surface area contributed by atoms with E-state index in [-0.39, 0.29) is 23.5 Å². The van der Waals surface area contributed by atoms with Crippen LogP contribution in [0.1, 0.15) is 40.5 Å². The summed E-state index contributed by atoms with van der Waals surface area (Å²) >= 11 is 0. The number of oxazole rings is 1. The van der Waals surface area contributed by atoms with Crippen molar-refractivity contribution in [3.63, 3.8) is 0 Å². The van der Waals surface area contributed by atoms with Crippen molar-refractivity contribution >= 4 is 5.91 Å². The van der Waals surface area contributed by atoms with Gasteiger partial charge in [-0.25, -0.2) is 4.98 Å². The Labute approximate surface area is 177 Å². The second kappa shape index (κ2) is 8.93. The fourth-order valence-corrected chi connectivity index (χ4v) is 3.78. The van der Waals surface area contributed by atoms with Crippen molar-refractivity contribution in [1.82, 2.24) is 15.2 Å². The normalized spacial score (nSPS) is 15.7. The smallest absolute Gasteiger partial charge is 0.416 e. The van der Waals surface area contributed by atoms with Gasteiger partial charge >= 0.3 is 6.18 Å². The number of hydrogen-bond acceptors (Lipinski definition) is 4. The summed E-state index contributed by atoms with van der Waals surface area (Å²) in [6.07, 6.45) is -0.922. The second-order valence-corrected chi connectivity index (χ2v) is 7.49. The molecular formula is C23H22F3N3O2. The van der Waals surface area contributed by atoms with Crippen LogP contribution in [0.25, 0.3) is 11.5 Å². The minimum atomic E-state index is -4.41. The average molecular weight is 429 g/mol. The lowest BCUT2D eigenvalue weighted by Crippen LogP contribution is -2.36. The fourth-order valence-electron chi connectivity index (χ4n) is 3.78. The maximum atomic E-state index is 12.7. The SMILES string of the molecule is O=C(NCC(c1ccccc1)N1CCCC1)c1coc(-c2ccc(C(F)(F)F)cc2)n1. The number of hydrogen-bond donors (Lipinski definition) is 1. The van der Waals surface area contributed by atoms with Gasteiger partial charge in [0.05, 0.1) is 11.6 Å². The standard InChI is InChI=1S/C23H22F3N3O2/c24-23(25,26)18-10-8-17(9-11-18)22-28-19(15-31-22)21(30)27-14-20(29-12-4-5-13-29)16-6-2-1-3-7-16/h1-3,6-11,15,20H,4-5,12-14H2,(H,27,30). The van der Waals surface area contributed by atoms with Crippen LogP contribution in [0, 0.1) is 0 Å². The Hall–Kier alpha value is -3.13. The molecule has 31 heavy (non-hydrogen) atoms. The summed E-state index contributed by atoms with van der Waals surface area (Å²) in [4.78, 5) is 19.1. The van der Waals surface area contributed by atoms with E-state index in [1.54, 1.807) is 0 Å². The number of alkyl halides is 3. The van der Waals surface area contributed by atoms with Crippen molar-refractivity contribution in [3.8, 4) is 11.5 Å². The molecule has 0 spiro atoms.